The summed E-state index contributed by atoms with van der Waals surface area (Å²) in [4.78, 5) is 0. The van der Waals surface area contributed by atoms with E-state index < -0.39 is 0 Å². The van der Waals surface area contributed by atoms with Crippen molar-refractivity contribution in [2.24, 2.45) is 0 Å². The van der Waals surface area contributed by atoms with Crippen LogP contribution >= 0.6 is 15.9 Å². The number of benzene rings is 2. The molecule has 0 spiro atoms. The van der Waals surface area contributed by atoms with Crippen LogP contribution < -0.4 is 5.32 Å². The van der Waals surface area contributed by atoms with E-state index in [1.165, 1.54) is 16.7 Å². The monoisotopic (exact) mass is 303 g/mol. The molecule has 0 aliphatic rings. The zero-order chi connectivity index (χ0) is 13.0. The summed E-state index contributed by atoms with van der Waals surface area (Å²) in [5, 5.41) is 3.35. The lowest BCUT2D eigenvalue weighted by Gasteiger charge is -2.15. The molecule has 0 aliphatic carbocycles. The number of halogens is 1. The summed E-state index contributed by atoms with van der Waals surface area (Å²) in [5.41, 5.74) is 3.84. The maximum Gasteiger partial charge on any atom is 0.0315 e. The molecule has 1 nitrogen and oxygen atoms in total. The normalized spacial score (nSPS) is 12.4. The van der Waals surface area contributed by atoms with Crippen molar-refractivity contribution in [2.45, 2.75) is 19.4 Å². The Kier molecular flexibility index (Phi) is 4.56. The van der Waals surface area contributed by atoms with Gasteiger partial charge in [0.2, 0.25) is 0 Å². The zero-order valence-electron chi connectivity index (χ0n) is 10.8. The number of nitrogens with one attached hydrogen (secondary N) is 1. The summed E-state index contributed by atoms with van der Waals surface area (Å²) in [7, 11) is 2.01. The second kappa shape index (κ2) is 6.17. The van der Waals surface area contributed by atoms with Crippen molar-refractivity contribution in [3.8, 4) is 11.1 Å². The molecule has 18 heavy (non-hydrogen) atoms. The maximum atomic E-state index is 3.61. The van der Waals surface area contributed by atoms with Crippen molar-refractivity contribution in [3.05, 3.63) is 58.6 Å². The van der Waals surface area contributed by atoms with Gasteiger partial charge in [0.25, 0.3) is 0 Å². The Morgan fingerprint density at radius 1 is 1.11 bits per heavy atom. The molecular formula is C16H18BrN. The minimum Gasteiger partial charge on any atom is -0.313 e. The smallest absolute Gasteiger partial charge is 0.0315 e. The minimum atomic E-state index is 0.424. The van der Waals surface area contributed by atoms with Crippen molar-refractivity contribution in [1.29, 1.82) is 0 Å². The highest BCUT2D eigenvalue weighted by Gasteiger charge is 2.08. The molecule has 0 amide bonds. The standard InChI is InChI=1S/C16H18BrN/c1-3-16(18-2)13-8-6-7-12(11-13)14-9-4-5-10-15(14)17/h4-11,16,18H,3H2,1-2H3. The number of hydrogen-bond donors (Lipinski definition) is 1. The van der Waals surface area contributed by atoms with E-state index in [1.807, 2.05) is 13.1 Å². The van der Waals surface area contributed by atoms with Gasteiger partial charge < -0.3 is 5.32 Å². The van der Waals surface area contributed by atoms with Gasteiger partial charge in [-0.15, -0.1) is 0 Å². The Bertz CT molecular complexity index is 518. The van der Waals surface area contributed by atoms with Crippen LogP contribution in [0.5, 0.6) is 0 Å². The van der Waals surface area contributed by atoms with Gasteiger partial charge in [0.15, 0.2) is 0 Å². The van der Waals surface area contributed by atoms with E-state index in [-0.39, 0.29) is 0 Å². The van der Waals surface area contributed by atoms with Gasteiger partial charge in [-0.2, -0.15) is 0 Å². The molecule has 2 aromatic rings. The average Bonchev–Trinajstić information content (AvgIpc) is 2.41. The summed E-state index contributed by atoms with van der Waals surface area (Å²) in [5.74, 6) is 0. The first-order valence-corrected chi connectivity index (χ1v) is 7.07. The molecule has 0 aliphatic heterocycles. The fraction of sp³-hybridized carbons (Fsp3) is 0.250. The molecule has 2 aromatic carbocycles. The highest BCUT2D eigenvalue weighted by molar-refractivity contribution is 9.10. The topological polar surface area (TPSA) is 12.0 Å². The van der Waals surface area contributed by atoms with Gasteiger partial charge in [-0.25, -0.2) is 0 Å². The third-order valence-corrected chi connectivity index (χ3v) is 3.92. The molecule has 1 N–H and O–H groups in total. The molecule has 1 atom stereocenters. The van der Waals surface area contributed by atoms with E-state index >= 15 is 0 Å². The molecule has 1 unspecified atom stereocenters. The predicted octanol–water partition coefficient (Wildman–Crippen LogP) is 4.79. The second-order valence-corrected chi connectivity index (χ2v) is 5.21. The summed E-state index contributed by atoms with van der Waals surface area (Å²) in [6.07, 6.45) is 1.09. The van der Waals surface area contributed by atoms with Crippen molar-refractivity contribution in [3.63, 3.8) is 0 Å². The maximum absolute atomic E-state index is 3.61. The highest BCUT2D eigenvalue weighted by atomic mass is 79.9. The van der Waals surface area contributed by atoms with Crippen molar-refractivity contribution >= 4 is 15.9 Å². The molecule has 2 heteroatoms. The van der Waals surface area contributed by atoms with Crippen LogP contribution in [0.1, 0.15) is 24.9 Å². The summed E-state index contributed by atoms with van der Waals surface area (Å²) in [6.45, 7) is 2.20. The SMILES string of the molecule is CCC(NC)c1cccc(-c2ccccc2Br)c1. The molecule has 0 bridgehead atoms. The van der Waals surface area contributed by atoms with Crippen LogP contribution in [0.15, 0.2) is 53.0 Å². The van der Waals surface area contributed by atoms with E-state index in [0.29, 0.717) is 6.04 Å². The van der Waals surface area contributed by atoms with Gasteiger partial charge in [-0.05, 0) is 42.3 Å². The van der Waals surface area contributed by atoms with E-state index in [9.17, 15) is 0 Å². The van der Waals surface area contributed by atoms with Crippen molar-refractivity contribution < 1.29 is 0 Å². The lowest BCUT2D eigenvalue weighted by Crippen LogP contribution is -2.15. The Labute approximate surface area is 117 Å². The van der Waals surface area contributed by atoms with Crippen molar-refractivity contribution in [2.75, 3.05) is 7.05 Å². The van der Waals surface area contributed by atoms with Gasteiger partial charge in [0.1, 0.15) is 0 Å². The van der Waals surface area contributed by atoms with E-state index in [0.717, 1.165) is 10.9 Å². The molecular weight excluding hydrogens is 286 g/mol. The van der Waals surface area contributed by atoms with E-state index in [2.05, 4.69) is 70.6 Å². The Morgan fingerprint density at radius 2 is 1.89 bits per heavy atom. The molecule has 2 rings (SSSR count). The highest BCUT2D eigenvalue weighted by Crippen LogP contribution is 2.30. The van der Waals surface area contributed by atoms with Crippen LogP contribution in [0.4, 0.5) is 0 Å². The molecule has 0 fully saturated rings. The number of hydrogen-bond acceptors (Lipinski definition) is 1. The molecule has 0 saturated carbocycles. The van der Waals surface area contributed by atoms with Gasteiger partial charge in [0.05, 0.1) is 0 Å². The second-order valence-electron chi connectivity index (χ2n) is 4.35. The summed E-state index contributed by atoms with van der Waals surface area (Å²) >= 11 is 3.61. The Hall–Kier alpha value is -1.12. The fourth-order valence-corrected chi connectivity index (χ4v) is 2.74. The molecule has 0 saturated heterocycles. The fourth-order valence-electron chi connectivity index (χ4n) is 2.22. The lowest BCUT2D eigenvalue weighted by molar-refractivity contribution is 0.577. The summed E-state index contributed by atoms with van der Waals surface area (Å²) in [6, 6.07) is 17.5. The summed E-state index contributed by atoms with van der Waals surface area (Å²) < 4.78 is 1.14. The molecule has 0 radical (unpaired) electrons. The quantitative estimate of drug-likeness (QED) is 0.856. The largest absolute Gasteiger partial charge is 0.313 e. The van der Waals surface area contributed by atoms with Crippen LogP contribution in [-0.4, -0.2) is 7.05 Å². The lowest BCUT2D eigenvalue weighted by atomic mass is 9.98. The Balaban J connectivity index is 2.42. The average molecular weight is 304 g/mol. The zero-order valence-corrected chi connectivity index (χ0v) is 12.4. The van der Waals surface area contributed by atoms with Gasteiger partial charge in [-0.1, -0.05) is 59.3 Å². The van der Waals surface area contributed by atoms with E-state index in [4.69, 9.17) is 0 Å². The first kappa shape index (κ1) is 13.3. The van der Waals surface area contributed by atoms with E-state index in [1.54, 1.807) is 0 Å². The van der Waals surface area contributed by atoms with Crippen LogP contribution in [0.3, 0.4) is 0 Å². The van der Waals surface area contributed by atoms with Gasteiger partial charge in [0, 0.05) is 10.5 Å². The third kappa shape index (κ3) is 2.82. The predicted molar refractivity (Wildman–Crippen MR) is 81.7 cm³/mol. The van der Waals surface area contributed by atoms with Gasteiger partial charge in [-0.3, -0.25) is 0 Å². The first-order valence-electron chi connectivity index (χ1n) is 6.28. The van der Waals surface area contributed by atoms with Crippen LogP contribution in [0.25, 0.3) is 11.1 Å². The van der Waals surface area contributed by atoms with Crippen LogP contribution in [0, 0.1) is 0 Å². The Morgan fingerprint density at radius 3 is 2.56 bits per heavy atom. The molecule has 94 valence electrons. The van der Waals surface area contributed by atoms with Crippen molar-refractivity contribution in [1.82, 2.24) is 5.32 Å². The minimum absolute atomic E-state index is 0.424. The third-order valence-electron chi connectivity index (χ3n) is 3.23. The molecule has 0 heterocycles. The van der Waals surface area contributed by atoms with Crippen LogP contribution in [0.2, 0.25) is 0 Å². The van der Waals surface area contributed by atoms with Gasteiger partial charge >= 0.3 is 0 Å². The first-order chi connectivity index (χ1) is 8.76. The van der Waals surface area contributed by atoms with Crippen LogP contribution in [-0.2, 0) is 0 Å². The molecule has 0 aromatic heterocycles. The number of rotatable bonds is 4.